The van der Waals surface area contributed by atoms with E-state index < -0.39 is 10.0 Å². The van der Waals surface area contributed by atoms with E-state index in [4.69, 9.17) is 9.47 Å². The lowest BCUT2D eigenvalue weighted by atomic mass is 10.3. The van der Waals surface area contributed by atoms with Crippen LogP contribution in [0.2, 0.25) is 0 Å². The Morgan fingerprint density at radius 2 is 1.92 bits per heavy atom. The van der Waals surface area contributed by atoms with Gasteiger partial charge in [-0.25, -0.2) is 13.1 Å². The number of hydrogen-bond acceptors (Lipinski definition) is 6. The van der Waals surface area contributed by atoms with Gasteiger partial charge in [-0.1, -0.05) is 0 Å². The molecule has 1 unspecified atom stereocenters. The summed E-state index contributed by atoms with van der Waals surface area (Å²) in [4.78, 5) is 11.8. The fraction of sp³-hybridized carbons (Fsp3) is 0.562. The Bertz CT molecular complexity index is 699. The number of nitrogens with one attached hydrogen (secondary N) is 3. The summed E-state index contributed by atoms with van der Waals surface area (Å²) in [5.41, 5.74) is 0. The summed E-state index contributed by atoms with van der Waals surface area (Å²) < 4.78 is 38.1. The van der Waals surface area contributed by atoms with Crippen LogP contribution in [0.25, 0.3) is 0 Å². The maximum Gasteiger partial charge on any atom is 0.240 e. The van der Waals surface area contributed by atoms with E-state index in [0.717, 1.165) is 6.42 Å². The average Bonchev–Trinajstić information content (AvgIpc) is 2.84. The molecule has 1 heterocycles. The summed E-state index contributed by atoms with van der Waals surface area (Å²) in [6.45, 7) is 3.47. The Labute approximate surface area is 160 Å². The van der Waals surface area contributed by atoms with Gasteiger partial charge in [0.2, 0.25) is 15.9 Å². The van der Waals surface area contributed by atoms with Crippen molar-refractivity contribution in [1.82, 2.24) is 15.4 Å². The normalized spacial score (nSPS) is 14.7. The van der Waals surface area contributed by atoms with Crippen LogP contribution in [0.4, 0.5) is 0 Å². The predicted molar refractivity (Wildman–Crippen MR) is 101 cm³/mol. The molecule has 1 aliphatic heterocycles. The van der Waals surface area contributed by atoms with E-state index in [1.165, 1.54) is 12.1 Å². The van der Waals surface area contributed by atoms with Crippen molar-refractivity contribution in [2.24, 2.45) is 0 Å². The van der Waals surface area contributed by atoms with Crippen LogP contribution in [-0.4, -0.2) is 53.7 Å². The lowest BCUT2D eigenvalue weighted by Crippen LogP contribution is -2.38. The Balaban J connectivity index is 0.00000338. The molecule has 0 radical (unpaired) electrons. The topological polar surface area (TPSA) is 106 Å². The molecule has 148 valence electrons. The van der Waals surface area contributed by atoms with Gasteiger partial charge in [0, 0.05) is 38.0 Å². The van der Waals surface area contributed by atoms with Gasteiger partial charge in [0.25, 0.3) is 0 Å². The Morgan fingerprint density at radius 3 is 2.62 bits per heavy atom. The van der Waals surface area contributed by atoms with Crippen LogP contribution >= 0.6 is 12.4 Å². The number of carbonyl (C=O) groups is 1. The maximum atomic E-state index is 12.3. The van der Waals surface area contributed by atoms with Gasteiger partial charge in [0.15, 0.2) is 11.5 Å². The number of benzene rings is 1. The summed E-state index contributed by atoms with van der Waals surface area (Å²) >= 11 is 0. The molecule has 0 fully saturated rings. The standard InChI is InChI=1S/C16H25N3O5S.ClH/c1-12(17-2)11-18-16(20)6-7-19-25(21,22)13-4-5-14-15(10-13)24-9-3-8-23-14;/h4-5,10,12,17,19H,3,6-9,11H2,1-2H3,(H,18,20);1H. The van der Waals surface area contributed by atoms with Gasteiger partial charge in [0.1, 0.15) is 0 Å². The first-order valence-corrected chi connectivity index (χ1v) is 9.74. The summed E-state index contributed by atoms with van der Waals surface area (Å²) in [5.74, 6) is 0.747. The molecule has 1 aromatic rings. The van der Waals surface area contributed by atoms with E-state index in [-0.39, 0.29) is 42.2 Å². The highest BCUT2D eigenvalue weighted by Gasteiger charge is 2.18. The molecule has 2 rings (SSSR count). The molecule has 1 amide bonds. The van der Waals surface area contributed by atoms with Gasteiger partial charge in [-0.3, -0.25) is 4.79 Å². The van der Waals surface area contributed by atoms with Crippen LogP contribution in [0.3, 0.4) is 0 Å². The van der Waals surface area contributed by atoms with Gasteiger partial charge >= 0.3 is 0 Å². The molecule has 0 saturated heterocycles. The van der Waals surface area contributed by atoms with Crippen LogP contribution in [-0.2, 0) is 14.8 Å². The number of sulfonamides is 1. The van der Waals surface area contributed by atoms with Crippen LogP contribution in [0.15, 0.2) is 23.1 Å². The Morgan fingerprint density at radius 1 is 1.23 bits per heavy atom. The molecule has 0 spiro atoms. The molecule has 0 saturated carbocycles. The monoisotopic (exact) mass is 407 g/mol. The molecule has 0 aromatic heterocycles. The predicted octanol–water partition coefficient (Wildman–Crippen LogP) is 0.662. The second-order valence-electron chi connectivity index (χ2n) is 5.80. The van der Waals surface area contributed by atoms with Crippen molar-refractivity contribution in [3.05, 3.63) is 18.2 Å². The van der Waals surface area contributed by atoms with E-state index in [2.05, 4.69) is 15.4 Å². The molecule has 0 aliphatic carbocycles. The van der Waals surface area contributed by atoms with Gasteiger partial charge < -0.3 is 20.1 Å². The fourth-order valence-corrected chi connectivity index (χ4v) is 3.20. The van der Waals surface area contributed by atoms with Crippen molar-refractivity contribution < 1.29 is 22.7 Å². The smallest absolute Gasteiger partial charge is 0.240 e. The third-order valence-corrected chi connectivity index (χ3v) is 5.23. The molecule has 8 nitrogen and oxygen atoms in total. The maximum absolute atomic E-state index is 12.3. The number of ether oxygens (including phenoxy) is 2. The molecule has 26 heavy (non-hydrogen) atoms. The largest absolute Gasteiger partial charge is 0.490 e. The van der Waals surface area contributed by atoms with Crippen molar-refractivity contribution >= 4 is 28.3 Å². The van der Waals surface area contributed by atoms with Crippen molar-refractivity contribution in [3.63, 3.8) is 0 Å². The third kappa shape index (κ3) is 6.64. The van der Waals surface area contributed by atoms with E-state index in [0.29, 0.717) is 31.3 Å². The zero-order valence-corrected chi connectivity index (χ0v) is 16.5. The zero-order valence-electron chi connectivity index (χ0n) is 14.9. The molecular formula is C16H26ClN3O5S. The highest BCUT2D eigenvalue weighted by Crippen LogP contribution is 2.31. The van der Waals surface area contributed by atoms with Gasteiger partial charge in [-0.15, -0.1) is 12.4 Å². The number of likely N-dealkylation sites (N-methyl/N-ethyl adjacent to an activating group) is 1. The van der Waals surface area contributed by atoms with Crippen LogP contribution < -0.4 is 24.8 Å². The Hall–Kier alpha value is -1.55. The second kappa shape index (κ2) is 10.6. The molecule has 1 atom stereocenters. The minimum absolute atomic E-state index is 0. The highest BCUT2D eigenvalue weighted by molar-refractivity contribution is 7.89. The van der Waals surface area contributed by atoms with Crippen molar-refractivity contribution in [3.8, 4) is 11.5 Å². The molecule has 3 N–H and O–H groups in total. The number of amides is 1. The molecule has 1 aromatic carbocycles. The second-order valence-corrected chi connectivity index (χ2v) is 7.57. The zero-order chi connectivity index (χ0) is 18.3. The third-order valence-electron chi connectivity index (χ3n) is 3.77. The Kier molecular flexibility index (Phi) is 9.14. The first kappa shape index (κ1) is 22.5. The number of halogens is 1. The highest BCUT2D eigenvalue weighted by atomic mass is 35.5. The number of rotatable bonds is 8. The minimum Gasteiger partial charge on any atom is -0.490 e. The fourth-order valence-electron chi connectivity index (χ4n) is 2.15. The van der Waals surface area contributed by atoms with E-state index in [9.17, 15) is 13.2 Å². The molecule has 10 heteroatoms. The SMILES string of the molecule is CNC(C)CNC(=O)CCNS(=O)(=O)c1ccc2c(c1)OCCCO2.Cl. The quantitative estimate of drug-likeness (QED) is 0.584. The first-order chi connectivity index (χ1) is 11.9. The number of carbonyl (C=O) groups excluding carboxylic acids is 1. The minimum atomic E-state index is -3.72. The molecular weight excluding hydrogens is 382 g/mol. The van der Waals surface area contributed by atoms with E-state index in [1.54, 1.807) is 13.1 Å². The lowest BCUT2D eigenvalue weighted by molar-refractivity contribution is -0.121. The van der Waals surface area contributed by atoms with Gasteiger partial charge in [0.05, 0.1) is 18.1 Å². The lowest BCUT2D eigenvalue weighted by Gasteiger charge is -2.12. The summed E-state index contributed by atoms with van der Waals surface area (Å²) in [5, 5.41) is 5.74. The van der Waals surface area contributed by atoms with Gasteiger partial charge in [-0.2, -0.15) is 0 Å². The molecule has 1 aliphatic rings. The van der Waals surface area contributed by atoms with Gasteiger partial charge in [-0.05, 0) is 26.1 Å². The van der Waals surface area contributed by atoms with Crippen molar-refractivity contribution in [2.75, 3.05) is 33.4 Å². The first-order valence-electron chi connectivity index (χ1n) is 8.25. The molecule has 0 bridgehead atoms. The van der Waals surface area contributed by atoms with Crippen LogP contribution in [0, 0.1) is 0 Å². The number of hydrogen-bond donors (Lipinski definition) is 3. The number of fused-ring (bicyclic) bond motifs is 1. The average molecular weight is 408 g/mol. The summed E-state index contributed by atoms with van der Waals surface area (Å²) in [6, 6.07) is 4.64. The summed E-state index contributed by atoms with van der Waals surface area (Å²) in [7, 11) is -1.91. The van der Waals surface area contributed by atoms with Crippen molar-refractivity contribution in [2.45, 2.75) is 30.7 Å². The van der Waals surface area contributed by atoms with E-state index >= 15 is 0 Å². The van der Waals surface area contributed by atoms with Crippen molar-refractivity contribution in [1.29, 1.82) is 0 Å². The van der Waals surface area contributed by atoms with E-state index in [1.807, 2.05) is 6.92 Å². The van der Waals surface area contributed by atoms with Crippen LogP contribution in [0.5, 0.6) is 11.5 Å². The van der Waals surface area contributed by atoms with Crippen LogP contribution in [0.1, 0.15) is 19.8 Å². The summed E-state index contributed by atoms with van der Waals surface area (Å²) in [6.07, 6.45) is 0.816.